The van der Waals surface area contributed by atoms with E-state index in [0.717, 1.165) is 25.3 Å². The van der Waals surface area contributed by atoms with E-state index < -0.39 is 5.97 Å². The lowest BCUT2D eigenvalue weighted by atomic mass is 10.0. The number of aromatic carboxylic acids is 1. The number of piperazine rings is 1. The van der Waals surface area contributed by atoms with Crippen molar-refractivity contribution in [1.29, 1.82) is 0 Å². The van der Waals surface area contributed by atoms with E-state index >= 15 is 0 Å². The quantitative estimate of drug-likeness (QED) is 0.873. The maximum Gasteiger partial charge on any atom is 0.335 e. The van der Waals surface area contributed by atoms with Crippen molar-refractivity contribution >= 4 is 11.7 Å². The van der Waals surface area contributed by atoms with Gasteiger partial charge in [0.15, 0.2) is 0 Å². The van der Waals surface area contributed by atoms with Gasteiger partial charge in [-0.25, -0.2) is 4.79 Å². The monoisotopic (exact) mass is 262 g/mol. The average molecular weight is 262 g/mol. The predicted molar refractivity (Wildman–Crippen MR) is 76.9 cm³/mol. The van der Waals surface area contributed by atoms with Gasteiger partial charge in [-0.05, 0) is 36.6 Å². The maximum atomic E-state index is 10.8. The van der Waals surface area contributed by atoms with Crippen molar-refractivity contribution in [1.82, 2.24) is 5.32 Å². The Labute approximate surface area is 114 Å². The molecule has 19 heavy (non-hydrogen) atoms. The zero-order chi connectivity index (χ0) is 13.8. The van der Waals surface area contributed by atoms with Crippen LogP contribution in [0.25, 0.3) is 0 Å². The summed E-state index contributed by atoms with van der Waals surface area (Å²) in [6, 6.07) is 7.68. The maximum absolute atomic E-state index is 10.8. The van der Waals surface area contributed by atoms with Crippen LogP contribution < -0.4 is 10.2 Å². The standard InChI is InChI=1S/C15H22N2O2/c1-11(2)9-13-10-17(8-7-16-13)14-5-3-12(4-6-14)15(18)19/h3-6,11,13,16H,7-10H2,1-2H3,(H,18,19)/t13-/m1/s1. The molecular formula is C15H22N2O2. The number of nitrogens with one attached hydrogen (secondary N) is 1. The fourth-order valence-corrected chi connectivity index (χ4v) is 2.60. The number of anilines is 1. The summed E-state index contributed by atoms with van der Waals surface area (Å²) >= 11 is 0. The van der Waals surface area contributed by atoms with Gasteiger partial charge in [0, 0.05) is 31.4 Å². The molecule has 1 aliphatic heterocycles. The Bertz CT molecular complexity index is 428. The first kappa shape index (κ1) is 13.9. The topological polar surface area (TPSA) is 52.6 Å². The third kappa shape index (κ3) is 3.70. The molecule has 0 unspecified atom stereocenters. The third-order valence-electron chi connectivity index (χ3n) is 3.49. The van der Waals surface area contributed by atoms with Crippen LogP contribution in [-0.2, 0) is 0 Å². The van der Waals surface area contributed by atoms with Gasteiger partial charge in [-0.2, -0.15) is 0 Å². The van der Waals surface area contributed by atoms with Crippen LogP contribution in [0.3, 0.4) is 0 Å². The van der Waals surface area contributed by atoms with Crippen LogP contribution in [0.1, 0.15) is 30.6 Å². The molecule has 0 spiro atoms. The lowest BCUT2D eigenvalue weighted by Gasteiger charge is -2.36. The van der Waals surface area contributed by atoms with Crippen LogP contribution in [0.4, 0.5) is 5.69 Å². The van der Waals surface area contributed by atoms with Gasteiger partial charge in [0.2, 0.25) is 0 Å². The van der Waals surface area contributed by atoms with Gasteiger partial charge in [0.05, 0.1) is 5.56 Å². The second-order valence-corrected chi connectivity index (χ2v) is 5.58. The summed E-state index contributed by atoms with van der Waals surface area (Å²) in [5, 5.41) is 12.4. The van der Waals surface area contributed by atoms with Gasteiger partial charge in [-0.1, -0.05) is 13.8 Å². The van der Waals surface area contributed by atoms with Gasteiger partial charge < -0.3 is 15.3 Å². The van der Waals surface area contributed by atoms with Crippen molar-refractivity contribution in [3.05, 3.63) is 29.8 Å². The van der Waals surface area contributed by atoms with Crippen LogP contribution in [0.5, 0.6) is 0 Å². The molecule has 2 rings (SSSR count). The molecule has 0 bridgehead atoms. The molecule has 4 heteroatoms. The SMILES string of the molecule is CC(C)C[C@@H]1CN(c2ccc(C(=O)O)cc2)CCN1. The van der Waals surface area contributed by atoms with Crippen LogP contribution in [0.15, 0.2) is 24.3 Å². The number of nitrogens with zero attached hydrogens (tertiary/aromatic N) is 1. The number of carbonyl (C=O) groups is 1. The summed E-state index contributed by atoms with van der Waals surface area (Å²) in [5.41, 5.74) is 1.46. The fraction of sp³-hybridized carbons (Fsp3) is 0.533. The molecule has 0 amide bonds. The Balaban J connectivity index is 2.02. The number of hydrogen-bond donors (Lipinski definition) is 2. The van der Waals surface area contributed by atoms with Crippen molar-refractivity contribution in [2.75, 3.05) is 24.5 Å². The zero-order valence-electron chi connectivity index (χ0n) is 11.6. The molecule has 2 N–H and O–H groups in total. The van der Waals surface area contributed by atoms with E-state index in [1.54, 1.807) is 12.1 Å². The Morgan fingerprint density at radius 1 is 1.42 bits per heavy atom. The molecule has 1 aromatic rings. The van der Waals surface area contributed by atoms with Crippen molar-refractivity contribution in [2.24, 2.45) is 5.92 Å². The van der Waals surface area contributed by atoms with Crippen molar-refractivity contribution < 1.29 is 9.90 Å². The first-order chi connectivity index (χ1) is 9.06. The van der Waals surface area contributed by atoms with Gasteiger partial charge >= 0.3 is 5.97 Å². The highest BCUT2D eigenvalue weighted by Crippen LogP contribution is 2.19. The summed E-state index contributed by atoms with van der Waals surface area (Å²) in [6.45, 7) is 7.42. The highest BCUT2D eigenvalue weighted by atomic mass is 16.4. The molecule has 1 aliphatic rings. The lowest BCUT2D eigenvalue weighted by Crippen LogP contribution is -2.51. The summed E-state index contributed by atoms with van der Waals surface area (Å²) < 4.78 is 0. The highest BCUT2D eigenvalue weighted by molar-refractivity contribution is 5.88. The second kappa shape index (κ2) is 6.06. The molecule has 1 aromatic carbocycles. The van der Waals surface area contributed by atoms with Crippen LogP contribution in [0, 0.1) is 5.92 Å². The predicted octanol–water partition coefficient (Wildman–Crippen LogP) is 2.21. The Hall–Kier alpha value is -1.55. The molecule has 1 fully saturated rings. The fourth-order valence-electron chi connectivity index (χ4n) is 2.60. The summed E-state index contributed by atoms with van der Waals surface area (Å²) in [4.78, 5) is 13.2. The zero-order valence-corrected chi connectivity index (χ0v) is 11.6. The molecule has 0 saturated carbocycles. The van der Waals surface area contributed by atoms with Crippen LogP contribution >= 0.6 is 0 Å². The molecule has 4 nitrogen and oxygen atoms in total. The van der Waals surface area contributed by atoms with Gasteiger partial charge in [-0.3, -0.25) is 0 Å². The Kier molecular flexibility index (Phi) is 4.43. The van der Waals surface area contributed by atoms with E-state index in [1.807, 2.05) is 12.1 Å². The molecule has 104 valence electrons. The number of benzene rings is 1. The minimum Gasteiger partial charge on any atom is -0.478 e. The van der Waals surface area contributed by atoms with Gasteiger partial charge in [0.25, 0.3) is 0 Å². The van der Waals surface area contributed by atoms with Crippen LogP contribution in [0.2, 0.25) is 0 Å². The Morgan fingerprint density at radius 3 is 2.68 bits per heavy atom. The third-order valence-corrected chi connectivity index (χ3v) is 3.49. The largest absolute Gasteiger partial charge is 0.478 e. The first-order valence-corrected chi connectivity index (χ1v) is 6.88. The number of carboxylic acids is 1. The number of rotatable bonds is 4. The first-order valence-electron chi connectivity index (χ1n) is 6.88. The minimum atomic E-state index is -0.871. The molecule has 1 heterocycles. The van der Waals surface area contributed by atoms with Crippen LogP contribution in [-0.4, -0.2) is 36.8 Å². The minimum absolute atomic E-state index is 0.345. The van der Waals surface area contributed by atoms with E-state index in [9.17, 15) is 4.79 Å². The molecule has 0 aromatic heterocycles. The van der Waals surface area contributed by atoms with Gasteiger partial charge in [-0.15, -0.1) is 0 Å². The highest BCUT2D eigenvalue weighted by Gasteiger charge is 2.20. The van der Waals surface area contributed by atoms with E-state index in [2.05, 4.69) is 24.1 Å². The van der Waals surface area contributed by atoms with Crippen molar-refractivity contribution in [2.45, 2.75) is 26.3 Å². The van der Waals surface area contributed by atoms with Gasteiger partial charge in [0.1, 0.15) is 0 Å². The molecule has 1 atom stereocenters. The normalized spacial score (nSPS) is 19.7. The van der Waals surface area contributed by atoms with E-state index in [-0.39, 0.29) is 0 Å². The number of carboxylic acid groups (broad SMARTS) is 1. The van der Waals surface area contributed by atoms with E-state index in [4.69, 9.17) is 5.11 Å². The summed E-state index contributed by atoms with van der Waals surface area (Å²) in [5.74, 6) is -0.184. The lowest BCUT2D eigenvalue weighted by molar-refractivity contribution is 0.0697. The smallest absolute Gasteiger partial charge is 0.335 e. The molecule has 0 radical (unpaired) electrons. The number of hydrogen-bond acceptors (Lipinski definition) is 3. The molecule has 1 saturated heterocycles. The molecular weight excluding hydrogens is 240 g/mol. The average Bonchev–Trinajstić information content (AvgIpc) is 2.38. The summed E-state index contributed by atoms with van der Waals surface area (Å²) in [6.07, 6.45) is 1.17. The van der Waals surface area contributed by atoms with Crippen molar-refractivity contribution in [3.8, 4) is 0 Å². The second-order valence-electron chi connectivity index (χ2n) is 5.58. The van der Waals surface area contributed by atoms with Crippen molar-refractivity contribution in [3.63, 3.8) is 0 Å². The van der Waals surface area contributed by atoms with E-state index in [0.29, 0.717) is 17.5 Å². The molecule has 0 aliphatic carbocycles. The van der Waals surface area contributed by atoms with E-state index in [1.165, 1.54) is 6.42 Å². The summed E-state index contributed by atoms with van der Waals surface area (Å²) in [7, 11) is 0. The Morgan fingerprint density at radius 2 is 2.11 bits per heavy atom.